The SMILES string of the molecule is CN(C)c1cccc2c(CN(CC(=O)N(CC(=O)N(CC(=O)NCCNC(=N)NCCNC(=O)CN(Cc3ccccc3)C(=O)CN(Cc3ccccc3)C(=O)CN(Cc3ccccc3)S(=O)(=O)c3cccc4c(N(C)C)cccc34)Cc3ccccc3)Cc3ccccc3)Cc3ccccc3)cccc12. The van der Waals surface area contributed by atoms with Crippen molar-refractivity contribution in [3.8, 4) is 0 Å². The van der Waals surface area contributed by atoms with Gasteiger partial charge in [-0.05, 0) is 62.5 Å². The molecule has 548 valence electrons. The average molecular weight is 1440 g/mol. The predicted molar refractivity (Wildman–Crippen MR) is 418 cm³/mol. The van der Waals surface area contributed by atoms with E-state index >= 15 is 8.42 Å². The minimum absolute atomic E-state index is 0.00500. The van der Waals surface area contributed by atoms with E-state index in [0.717, 1.165) is 59.7 Å². The molecule has 0 radical (unpaired) electrons. The molecular weight excluding hydrogens is 1350 g/mol. The molecule has 0 heterocycles. The molecule has 5 N–H and O–H groups in total. The lowest BCUT2D eigenvalue weighted by molar-refractivity contribution is -0.143. The highest BCUT2D eigenvalue weighted by molar-refractivity contribution is 7.89. The smallest absolute Gasteiger partial charge is 0.244 e. The summed E-state index contributed by atoms with van der Waals surface area (Å²) in [5.41, 5.74) is 7.72. The number of nitrogens with zero attached hydrogens (tertiary/aromatic N) is 8. The molecular formula is C84H93N13O8S. The van der Waals surface area contributed by atoms with E-state index in [0.29, 0.717) is 29.6 Å². The Morgan fingerprint density at radius 2 is 0.632 bits per heavy atom. The molecule has 0 saturated carbocycles. The number of nitrogens with one attached hydrogen (secondary N) is 5. The van der Waals surface area contributed by atoms with Crippen LogP contribution in [0.25, 0.3) is 21.5 Å². The molecule has 0 atom stereocenters. The zero-order chi connectivity index (χ0) is 74.8. The van der Waals surface area contributed by atoms with E-state index in [1.54, 1.807) is 53.4 Å². The molecule has 0 aliphatic carbocycles. The minimum atomic E-state index is -4.38. The number of anilines is 2. The van der Waals surface area contributed by atoms with Crippen molar-refractivity contribution in [3.05, 3.63) is 294 Å². The van der Waals surface area contributed by atoms with Gasteiger partial charge in [-0.2, -0.15) is 4.31 Å². The molecule has 6 amide bonds. The van der Waals surface area contributed by atoms with Crippen molar-refractivity contribution in [2.45, 2.75) is 50.7 Å². The second-order valence-electron chi connectivity index (χ2n) is 26.5. The summed E-state index contributed by atoms with van der Waals surface area (Å²) in [5, 5.41) is 23.5. The van der Waals surface area contributed by atoms with Crippen LogP contribution in [0, 0.1) is 5.41 Å². The first-order chi connectivity index (χ1) is 51.3. The van der Waals surface area contributed by atoms with Crippen molar-refractivity contribution in [2.24, 2.45) is 0 Å². The van der Waals surface area contributed by atoms with Gasteiger partial charge in [0, 0.05) is 128 Å². The standard InChI is InChI=1S/C84H93N13O8S/c1-90(2)75-44-24-40-71-70(39-23-41-72(71)75)57-92(51-64-27-11-5-12-28-64)60-80(100)95(54-67-33-17-8-18-34-67)61-81(101)93(52-65-29-13-6-14-30-65)58-78(98)86-47-49-88-84(85)89-50-48-87-79(99)59-94(53-66-31-15-7-16-32-66)82(102)62-96(55-68-35-19-9-20-36-68)83(103)63-97(56-69-37-21-10-22-38-69)106(104,105)77-46-26-42-73-74(77)43-25-45-76(73)91(3)4/h5-46H,47-63H2,1-4H3,(H,86,98)(H,87,99)(H3,85,88,89). The lowest BCUT2D eigenvalue weighted by Gasteiger charge is -2.30. The van der Waals surface area contributed by atoms with E-state index in [9.17, 15) is 28.8 Å². The van der Waals surface area contributed by atoms with Crippen LogP contribution in [-0.2, 0) is 84.6 Å². The summed E-state index contributed by atoms with van der Waals surface area (Å²) in [6, 6.07) is 79.1. The Morgan fingerprint density at radius 1 is 0.311 bits per heavy atom. The van der Waals surface area contributed by atoms with E-state index in [4.69, 9.17) is 5.41 Å². The Labute approximate surface area is 621 Å². The van der Waals surface area contributed by atoms with Crippen molar-refractivity contribution in [2.75, 3.05) is 103 Å². The summed E-state index contributed by atoms with van der Waals surface area (Å²) in [7, 11) is 3.43. The largest absolute Gasteiger partial charge is 0.377 e. The first-order valence-corrected chi connectivity index (χ1v) is 36.8. The fourth-order valence-corrected chi connectivity index (χ4v) is 14.3. The molecule has 0 aromatic heterocycles. The van der Waals surface area contributed by atoms with Crippen LogP contribution in [0.1, 0.15) is 38.9 Å². The highest BCUT2D eigenvalue weighted by Gasteiger charge is 2.33. The van der Waals surface area contributed by atoms with Crippen molar-refractivity contribution < 1.29 is 37.2 Å². The maximum atomic E-state index is 15.1. The number of carbonyl (C=O) groups excluding carboxylic acids is 6. The van der Waals surface area contributed by atoms with Crippen molar-refractivity contribution >= 4 is 84.3 Å². The normalized spacial score (nSPS) is 11.2. The number of hydrogen-bond acceptors (Lipinski definition) is 12. The van der Waals surface area contributed by atoms with E-state index < -0.39 is 52.6 Å². The van der Waals surface area contributed by atoms with E-state index in [1.165, 1.54) is 14.7 Å². The van der Waals surface area contributed by atoms with Crippen LogP contribution in [0.15, 0.2) is 260 Å². The number of amides is 6. The number of sulfonamides is 1. The van der Waals surface area contributed by atoms with Crippen molar-refractivity contribution in [1.29, 1.82) is 5.41 Å². The lowest BCUT2D eigenvalue weighted by atomic mass is 10.0. The van der Waals surface area contributed by atoms with Gasteiger partial charge in [0.15, 0.2) is 5.96 Å². The number of benzene rings is 10. The van der Waals surface area contributed by atoms with E-state index in [1.807, 2.05) is 215 Å². The fourth-order valence-electron chi connectivity index (χ4n) is 12.7. The van der Waals surface area contributed by atoms with Crippen LogP contribution < -0.4 is 31.1 Å². The van der Waals surface area contributed by atoms with Crippen LogP contribution in [0.3, 0.4) is 0 Å². The van der Waals surface area contributed by atoms with E-state index in [-0.39, 0.29) is 102 Å². The zero-order valence-electron chi connectivity index (χ0n) is 60.5. The number of guanidine groups is 1. The molecule has 10 rings (SSSR count). The van der Waals surface area contributed by atoms with Gasteiger partial charge in [-0.25, -0.2) is 8.42 Å². The van der Waals surface area contributed by atoms with Gasteiger partial charge in [-0.3, -0.25) is 39.1 Å². The molecule has 0 fully saturated rings. The van der Waals surface area contributed by atoms with E-state index in [2.05, 4.69) is 55.3 Å². The van der Waals surface area contributed by atoms with Gasteiger partial charge in [0.25, 0.3) is 0 Å². The van der Waals surface area contributed by atoms with Gasteiger partial charge >= 0.3 is 0 Å². The fraction of sp³-hybridized carbons (Fsp3) is 0.250. The highest BCUT2D eigenvalue weighted by Crippen LogP contribution is 2.33. The Balaban J connectivity index is 0.744. The van der Waals surface area contributed by atoms with Gasteiger partial charge in [0.2, 0.25) is 45.5 Å². The maximum Gasteiger partial charge on any atom is 0.244 e. The Hall–Kier alpha value is -11.7. The van der Waals surface area contributed by atoms with Crippen LogP contribution in [0.2, 0.25) is 0 Å². The minimum Gasteiger partial charge on any atom is -0.377 e. The summed E-state index contributed by atoms with van der Waals surface area (Å²) < 4.78 is 31.3. The second-order valence-corrected chi connectivity index (χ2v) is 28.4. The third kappa shape index (κ3) is 22.2. The number of fused-ring (bicyclic) bond motifs is 2. The third-order valence-electron chi connectivity index (χ3n) is 18.0. The highest BCUT2D eigenvalue weighted by atomic mass is 32.2. The number of rotatable bonds is 36. The van der Waals surface area contributed by atoms with Gasteiger partial charge in [0.1, 0.15) is 13.1 Å². The van der Waals surface area contributed by atoms with Gasteiger partial charge in [0.05, 0.1) is 31.1 Å². The maximum absolute atomic E-state index is 15.1. The third-order valence-corrected chi connectivity index (χ3v) is 19.9. The van der Waals surface area contributed by atoms with Crippen molar-refractivity contribution in [1.82, 2.24) is 50.1 Å². The van der Waals surface area contributed by atoms with Gasteiger partial charge < -0.3 is 50.7 Å². The molecule has 106 heavy (non-hydrogen) atoms. The van der Waals surface area contributed by atoms with Crippen LogP contribution in [0.4, 0.5) is 11.4 Å². The van der Waals surface area contributed by atoms with Crippen LogP contribution in [-0.4, -0.2) is 172 Å². The Bertz CT molecular complexity index is 4700. The zero-order valence-corrected chi connectivity index (χ0v) is 61.3. The molecule has 10 aromatic rings. The van der Waals surface area contributed by atoms with Crippen LogP contribution >= 0.6 is 0 Å². The summed E-state index contributed by atoms with van der Waals surface area (Å²) in [6.45, 7) is -0.647. The first-order valence-electron chi connectivity index (χ1n) is 35.4. The second kappa shape index (κ2) is 38.2. The Kier molecular flexibility index (Phi) is 27.7. The molecule has 0 aliphatic heterocycles. The molecule has 0 bridgehead atoms. The molecule has 10 aromatic carbocycles. The molecule has 22 heteroatoms. The predicted octanol–water partition coefficient (Wildman–Crippen LogP) is 9.48. The molecule has 0 unspecified atom stereocenters. The molecule has 21 nitrogen and oxygen atoms in total. The van der Waals surface area contributed by atoms with Gasteiger partial charge in [-0.15, -0.1) is 0 Å². The molecule has 0 spiro atoms. The Morgan fingerprint density at radius 3 is 1.05 bits per heavy atom. The summed E-state index contributed by atoms with van der Waals surface area (Å²) in [4.78, 5) is 98.9. The molecule has 0 aliphatic rings. The summed E-state index contributed by atoms with van der Waals surface area (Å²) in [5.74, 6) is -2.89. The lowest BCUT2D eigenvalue weighted by Crippen LogP contribution is -2.49. The van der Waals surface area contributed by atoms with Crippen LogP contribution in [0.5, 0.6) is 0 Å². The summed E-state index contributed by atoms with van der Waals surface area (Å²) >= 11 is 0. The van der Waals surface area contributed by atoms with Gasteiger partial charge in [-0.1, -0.05) is 237 Å². The first kappa shape index (κ1) is 76.9. The monoisotopic (exact) mass is 1440 g/mol. The number of hydrogen-bond donors (Lipinski definition) is 5. The average Bonchev–Trinajstić information content (AvgIpc) is 0.737. The number of carbonyl (C=O) groups is 6. The molecule has 0 saturated heterocycles. The van der Waals surface area contributed by atoms with Crippen molar-refractivity contribution in [3.63, 3.8) is 0 Å². The topological polar surface area (TPSA) is 234 Å². The quantitative estimate of drug-likeness (QED) is 0.0140. The summed E-state index contributed by atoms with van der Waals surface area (Å²) in [6.07, 6.45) is 0.